The van der Waals surface area contributed by atoms with Crippen molar-refractivity contribution >= 4 is 5.91 Å². The number of rotatable bonds is 8. The fraction of sp³-hybridized carbons (Fsp3) is 0.400. The Kier molecular flexibility index (Phi) is 6.16. The highest BCUT2D eigenvalue weighted by Gasteiger charge is 2.42. The quantitative estimate of drug-likeness (QED) is 0.594. The Bertz CT molecular complexity index is 993. The van der Waals surface area contributed by atoms with Crippen LogP contribution in [-0.4, -0.2) is 51.3 Å². The topological polar surface area (TPSA) is 72.3 Å². The molecule has 3 atom stereocenters. The van der Waals surface area contributed by atoms with Crippen LogP contribution in [0.1, 0.15) is 24.8 Å². The molecule has 5 rings (SSSR count). The van der Waals surface area contributed by atoms with Crippen LogP contribution in [0, 0.1) is 11.8 Å². The highest BCUT2D eigenvalue weighted by Crippen LogP contribution is 2.37. The van der Waals surface area contributed by atoms with Gasteiger partial charge in [0.05, 0.1) is 18.7 Å². The average molecular weight is 432 g/mol. The number of likely N-dealkylation sites (tertiary alicyclic amines) is 1. The molecule has 166 valence electrons. The van der Waals surface area contributed by atoms with Crippen LogP contribution >= 0.6 is 0 Å². The van der Waals surface area contributed by atoms with Gasteiger partial charge in [-0.3, -0.25) is 9.69 Å². The van der Waals surface area contributed by atoms with Crippen LogP contribution in [0.2, 0.25) is 0 Å². The van der Waals surface area contributed by atoms with Gasteiger partial charge in [-0.05, 0) is 54.5 Å². The molecule has 1 unspecified atom stereocenters. The predicted molar refractivity (Wildman–Crippen MR) is 121 cm³/mol. The van der Waals surface area contributed by atoms with E-state index in [0.29, 0.717) is 30.9 Å². The molecule has 1 aliphatic carbocycles. The Labute approximate surface area is 188 Å². The Morgan fingerprint density at radius 2 is 1.78 bits per heavy atom. The van der Waals surface area contributed by atoms with E-state index in [1.54, 1.807) is 17.3 Å². The molecule has 1 aliphatic heterocycles. The molecule has 1 amide bonds. The van der Waals surface area contributed by atoms with E-state index < -0.39 is 0 Å². The van der Waals surface area contributed by atoms with Gasteiger partial charge >= 0.3 is 0 Å². The first-order valence-electron chi connectivity index (χ1n) is 11.4. The van der Waals surface area contributed by atoms with E-state index in [2.05, 4.69) is 44.6 Å². The number of nitrogens with one attached hydrogen (secondary N) is 1. The predicted octanol–water partition coefficient (Wildman–Crippen LogP) is 3.06. The van der Waals surface area contributed by atoms with Crippen molar-refractivity contribution in [2.75, 3.05) is 19.7 Å². The second-order valence-electron chi connectivity index (χ2n) is 8.80. The fourth-order valence-electron chi connectivity index (χ4n) is 5.07. The van der Waals surface area contributed by atoms with Crippen molar-refractivity contribution in [2.45, 2.75) is 31.8 Å². The van der Waals surface area contributed by atoms with Crippen molar-refractivity contribution in [3.8, 4) is 11.4 Å². The van der Waals surface area contributed by atoms with E-state index in [0.717, 1.165) is 31.1 Å². The van der Waals surface area contributed by atoms with Crippen LogP contribution in [0.4, 0.5) is 0 Å². The number of amides is 1. The Balaban J connectivity index is 1.10. The van der Waals surface area contributed by atoms with E-state index in [-0.39, 0.29) is 5.91 Å². The van der Waals surface area contributed by atoms with Crippen molar-refractivity contribution in [3.05, 3.63) is 72.8 Å². The van der Waals surface area contributed by atoms with Crippen LogP contribution < -0.4 is 10.1 Å². The van der Waals surface area contributed by atoms with Gasteiger partial charge in [0.2, 0.25) is 5.91 Å². The summed E-state index contributed by atoms with van der Waals surface area (Å²) in [5.74, 6) is 1.97. The minimum atomic E-state index is 0.0972. The molecule has 1 saturated carbocycles. The maximum atomic E-state index is 12.5. The van der Waals surface area contributed by atoms with Gasteiger partial charge in [-0.2, -0.15) is 5.10 Å². The van der Waals surface area contributed by atoms with E-state index in [9.17, 15) is 4.79 Å². The van der Waals surface area contributed by atoms with E-state index in [4.69, 9.17) is 4.74 Å². The third-order valence-corrected chi connectivity index (χ3v) is 6.60. The number of benzene rings is 2. The summed E-state index contributed by atoms with van der Waals surface area (Å²) in [5, 5.41) is 7.49. The third kappa shape index (κ3) is 4.83. The standard InChI is InChI=1S/C25H29N5O2/c31-24(12-13-32-23-4-2-1-3-5-23)28-25-20-8-9-21(25)16-29(15-20)14-19-6-10-22(11-7-19)30-18-26-17-27-30/h1-7,10-11,17-18,20-21,25H,8-9,12-16H2,(H,28,31)/t20-,21+,25?. The molecule has 2 bridgehead atoms. The summed E-state index contributed by atoms with van der Waals surface area (Å²) in [6.45, 7) is 3.42. The fourth-order valence-corrected chi connectivity index (χ4v) is 5.07. The zero-order valence-corrected chi connectivity index (χ0v) is 18.1. The summed E-state index contributed by atoms with van der Waals surface area (Å²) in [6, 6.07) is 18.5. The van der Waals surface area contributed by atoms with Crippen LogP contribution in [0.15, 0.2) is 67.3 Å². The number of aromatic nitrogens is 3. The zero-order valence-electron chi connectivity index (χ0n) is 18.1. The minimum absolute atomic E-state index is 0.0972. The Hall–Kier alpha value is -3.19. The molecule has 2 heterocycles. The average Bonchev–Trinajstić information content (AvgIpc) is 3.42. The number of para-hydroxylation sites is 1. The lowest BCUT2D eigenvalue weighted by molar-refractivity contribution is -0.123. The van der Waals surface area contributed by atoms with Gasteiger partial charge in [-0.15, -0.1) is 0 Å². The summed E-state index contributed by atoms with van der Waals surface area (Å²) in [4.78, 5) is 19.0. The van der Waals surface area contributed by atoms with Crippen molar-refractivity contribution in [1.82, 2.24) is 25.0 Å². The summed E-state index contributed by atoms with van der Waals surface area (Å²) in [7, 11) is 0. The van der Waals surface area contributed by atoms with E-state index in [1.807, 2.05) is 30.3 Å². The minimum Gasteiger partial charge on any atom is -0.493 e. The molecule has 1 aromatic heterocycles. The summed E-state index contributed by atoms with van der Waals surface area (Å²) >= 11 is 0. The third-order valence-electron chi connectivity index (χ3n) is 6.60. The van der Waals surface area contributed by atoms with Gasteiger partial charge in [-0.1, -0.05) is 30.3 Å². The lowest BCUT2D eigenvalue weighted by Crippen LogP contribution is -2.52. The van der Waals surface area contributed by atoms with E-state index >= 15 is 0 Å². The van der Waals surface area contributed by atoms with Crippen molar-refractivity contribution < 1.29 is 9.53 Å². The number of ether oxygens (including phenoxy) is 1. The molecule has 0 radical (unpaired) electrons. The largest absolute Gasteiger partial charge is 0.493 e. The number of nitrogens with zero attached hydrogens (tertiary/aromatic N) is 4. The number of hydrogen-bond acceptors (Lipinski definition) is 5. The summed E-state index contributed by atoms with van der Waals surface area (Å²) < 4.78 is 7.44. The maximum absolute atomic E-state index is 12.5. The molecule has 7 heteroatoms. The van der Waals surface area contributed by atoms with Crippen molar-refractivity contribution in [1.29, 1.82) is 0 Å². The summed E-state index contributed by atoms with van der Waals surface area (Å²) in [5.41, 5.74) is 2.32. The molecular formula is C25H29N5O2. The normalized spacial score (nSPS) is 22.6. The first kappa shape index (κ1) is 20.7. The lowest BCUT2D eigenvalue weighted by atomic mass is 9.91. The molecule has 1 saturated heterocycles. The first-order chi connectivity index (χ1) is 15.7. The molecule has 2 fully saturated rings. The van der Waals surface area contributed by atoms with E-state index in [1.165, 1.54) is 18.4 Å². The molecule has 7 nitrogen and oxygen atoms in total. The number of piperidine rings is 1. The molecule has 2 aliphatic rings. The second-order valence-corrected chi connectivity index (χ2v) is 8.80. The van der Waals surface area contributed by atoms with Gasteiger partial charge in [0.25, 0.3) is 0 Å². The number of carbonyl (C=O) groups is 1. The molecule has 2 aromatic carbocycles. The van der Waals surface area contributed by atoms with Crippen LogP contribution in [-0.2, 0) is 11.3 Å². The van der Waals surface area contributed by atoms with Crippen molar-refractivity contribution in [3.63, 3.8) is 0 Å². The highest BCUT2D eigenvalue weighted by molar-refractivity contribution is 5.76. The monoisotopic (exact) mass is 431 g/mol. The number of hydrogen-bond donors (Lipinski definition) is 1. The van der Waals surface area contributed by atoms with Crippen LogP contribution in [0.25, 0.3) is 5.69 Å². The first-order valence-corrected chi connectivity index (χ1v) is 11.4. The van der Waals surface area contributed by atoms with Gasteiger partial charge in [0.15, 0.2) is 0 Å². The highest BCUT2D eigenvalue weighted by atomic mass is 16.5. The molecule has 0 spiro atoms. The maximum Gasteiger partial charge on any atom is 0.223 e. The van der Waals surface area contributed by atoms with Gasteiger partial charge < -0.3 is 10.1 Å². The Morgan fingerprint density at radius 1 is 1.03 bits per heavy atom. The van der Waals surface area contributed by atoms with Crippen LogP contribution in [0.5, 0.6) is 5.75 Å². The Morgan fingerprint density at radius 3 is 2.47 bits per heavy atom. The number of fused-ring (bicyclic) bond motifs is 2. The van der Waals surface area contributed by atoms with Crippen molar-refractivity contribution in [2.24, 2.45) is 11.8 Å². The summed E-state index contributed by atoms with van der Waals surface area (Å²) in [6.07, 6.45) is 6.03. The molecule has 32 heavy (non-hydrogen) atoms. The molecule has 3 aromatic rings. The lowest BCUT2D eigenvalue weighted by Gasteiger charge is -2.38. The second kappa shape index (κ2) is 9.53. The SMILES string of the molecule is O=C(CCOc1ccccc1)NC1[C@@H]2CC[C@H]1CN(Cc1ccc(-n3cncn3)cc1)C2. The van der Waals surface area contributed by atoms with Gasteiger partial charge in [-0.25, -0.2) is 9.67 Å². The zero-order chi connectivity index (χ0) is 21.8. The van der Waals surface area contributed by atoms with Crippen LogP contribution in [0.3, 0.4) is 0 Å². The smallest absolute Gasteiger partial charge is 0.223 e. The number of carbonyl (C=O) groups excluding carboxylic acids is 1. The molecular weight excluding hydrogens is 402 g/mol. The van der Waals surface area contributed by atoms with Gasteiger partial charge in [0.1, 0.15) is 18.4 Å². The van der Waals surface area contributed by atoms with Gasteiger partial charge in [0, 0.05) is 25.7 Å². The molecule has 1 N–H and O–H groups in total.